The molecule has 1 aliphatic heterocycles. The van der Waals surface area contributed by atoms with Crippen molar-refractivity contribution in [3.05, 3.63) is 74.0 Å². The highest BCUT2D eigenvalue weighted by Crippen LogP contribution is 2.29. The molecule has 4 rings (SSSR count). The fourth-order valence-electron chi connectivity index (χ4n) is 3.83. The van der Waals surface area contributed by atoms with Crippen LogP contribution in [0.2, 0.25) is 0 Å². The standard InChI is InChI=1S/C23H24N2O3/c1-15-4-5-17(14-16(15)2)20-21(23(27)22(20)26)25-12-10-24(11-13-25)18-6-8-19(28-3)9-7-18/h4-9,14H,10-13H2,1-3H3. The predicted molar refractivity (Wildman–Crippen MR) is 114 cm³/mol. The lowest BCUT2D eigenvalue weighted by molar-refractivity contribution is 0.415. The highest BCUT2D eigenvalue weighted by molar-refractivity contribution is 5.83. The average Bonchev–Trinajstić information content (AvgIpc) is 2.73. The van der Waals surface area contributed by atoms with Crippen LogP contribution < -0.4 is 25.4 Å². The lowest BCUT2D eigenvalue weighted by Gasteiger charge is -2.38. The fraction of sp³-hybridized carbons (Fsp3) is 0.304. The van der Waals surface area contributed by atoms with E-state index in [1.807, 2.05) is 56.3 Å². The predicted octanol–water partition coefficient (Wildman–Crippen LogP) is 2.90. The largest absolute Gasteiger partial charge is 0.497 e. The van der Waals surface area contributed by atoms with E-state index in [1.54, 1.807) is 7.11 Å². The molecule has 5 nitrogen and oxygen atoms in total. The van der Waals surface area contributed by atoms with Crippen molar-refractivity contribution in [2.75, 3.05) is 43.1 Å². The molecular weight excluding hydrogens is 352 g/mol. The van der Waals surface area contributed by atoms with Crippen LogP contribution in [0.1, 0.15) is 11.1 Å². The summed E-state index contributed by atoms with van der Waals surface area (Å²) >= 11 is 0. The number of ether oxygens (including phenoxy) is 1. The van der Waals surface area contributed by atoms with Crippen molar-refractivity contribution in [3.8, 4) is 16.9 Å². The van der Waals surface area contributed by atoms with Gasteiger partial charge in [0.1, 0.15) is 11.4 Å². The van der Waals surface area contributed by atoms with Gasteiger partial charge in [-0.15, -0.1) is 0 Å². The van der Waals surface area contributed by atoms with Gasteiger partial charge in [0, 0.05) is 31.9 Å². The Balaban J connectivity index is 1.54. The normalized spacial score (nSPS) is 14.5. The molecule has 0 unspecified atom stereocenters. The molecule has 0 spiro atoms. The first-order chi connectivity index (χ1) is 13.5. The maximum absolute atomic E-state index is 12.3. The van der Waals surface area contributed by atoms with Crippen molar-refractivity contribution in [1.82, 2.24) is 0 Å². The molecule has 3 aromatic carbocycles. The zero-order valence-electron chi connectivity index (χ0n) is 16.5. The van der Waals surface area contributed by atoms with Gasteiger partial charge in [0.15, 0.2) is 0 Å². The van der Waals surface area contributed by atoms with Gasteiger partial charge in [-0.1, -0.05) is 18.2 Å². The molecule has 144 valence electrons. The smallest absolute Gasteiger partial charge is 0.250 e. The minimum absolute atomic E-state index is 0.355. The van der Waals surface area contributed by atoms with Gasteiger partial charge in [0.05, 0.1) is 12.7 Å². The summed E-state index contributed by atoms with van der Waals surface area (Å²) in [4.78, 5) is 29.0. The molecule has 0 bridgehead atoms. The van der Waals surface area contributed by atoms with Crippen LogP contribution in [-0.4, -0.2) is 33.3 Å². The van der Waals surface area contributed by atoms with E-state index in [0.717, 1.165) is 35.7 Å². The number of piperazine rings is 1. The Morgan fingerprint density at radius 3 is 2.04 bits per heavy atom. The van der Waals surface area contributed by atoms with Crippen LogP contribution in [0, 0.1) is 13.8 Å². The fourth-order valence-corrected chi connectivity index (χ4v) is 3.83. The first-order valence-electron chi connectivity index (χ1n) is 9.54. The van der Waals surface area contributed by atoms with E-state index in [2.05, 4.69) is 9.80 Å². The third-order valence-electron chi connectivity index (χ3n) is 5.71. The molecule has 28 heavy (non-hydrogen) atoms. The Morgan fingerprint density at radius 2 is 1.43 bits per heavy atom. The zero-order valence-corrected chi connectivity index (χ0v) is 16.5. The zero-order chi connectivity index (χ0) is 19.8. The molecule has 0 aromatic heterocycles. The number of aryl methyl sites for hydroxylation is 2. The van der Waals surface area contributed by atoms with E-state index in [-0.39, 0.29) is 10.9 Å². The van der Waals surface area contributed by atoms with E-state index < -0.39 is 0 Å². The van der Waals surface area contributed by atoms with E-state index in [0.29, 0.717) is 24.3 Å². The molecule has 3 aromatic rings. The molecule has 0 amide bonds. The molecule has 0 saturated carbocycles. The third-order valence-corrected chi connectivity index (χ3v) is 5.71. The Kier molecular flexibility index (Phi) is 4.67. The van der Waals surface area contributed by atoms with Crippen LogP contribution in [0.15, 0.2) is 52.1 Å². The molecule has 5 heteroatoms. The second-order valence-corrected chi connectivity index (χ2v) is 7.35. The molecular formula is C23H24N2O3. The monoisotopic (exact) mass is 376 g/mol. The van der Waals surface area contributed by atoms with Crippen LogP contribution in [0.5, 0.6) is 5.75 Å². The molecule has 1 fully saturated rings. The van der Waals surface area contributed by atoms with Gasteiger partial charge >= 0.3 is 0 Å². The number of benzene rings is 2. The molecule has 0 radical (unpaired) electrons. The van der Waals surface area contributed by atoms with E-state index in [4.69, 9.17) is 4.74 Å². The van der Waals surface area contributed by atoms with Gasteiger partial charge in [-0.3, -0.25) is 9.59 Å². The summed E-state index contributed by atoms with van der Waals surface area (Å²) in [7, 11) is 1.66. The molecule has 1 heterocycles. The molecule has 1 aliphatic rings. The quantitative estimate of drug-likeness (QED) is 0.656. The lowest BCUT2D eigenvalue weighted by atomic mass is 9.94. The van der Waals surface area contributed by atoms with Crippen LogP contribution >= 0.6 is 0 Å². The van der Waals surface area contributed by atoms with Crippen molar-refractivity contribution in [2.45, 2.75) is 13.8 Å². The summed E-state index contributed by atoms with van der Waals surface area (Å²) in [6.07, 6.45) is 0. The maximum Gasteiger partial charge on any atom is 0.250 e. The SMILES string of the molecule is COc1ccc(N2CCN(c3c(-c4ccc(C)c(C)c4)c(=O)c3=O)CC2)cc1. The number of hydrogen-bond donors (Lipinski definition) is 0. The van der Waals surface area contributed by atoms with Gasteiger partial charge in [0.2, 0.25) is 10.9 Å². The number of anilines is 2. The highest BCUT2D eigenvalue weighted by Gasteiger charge is 2.29. The summed E-state index contributed by atoms with van der Waals surface area (Å²) in [6.45, 7) is 7.11. The number of methoxy groups -OCH3 is 1. The third kappa shape index (κ3) is 3.07. The second-order valence-electron chi connectivity index (χ2n) is 7.35. The summed E-state index contributed by atoms with van der Waals surface area (Å²) in [5.41, 5.74) is 4.73. The number of hydrogen-bond acceptors (Lipinski definition) is 5. The van der Waals surface area contributed by atoms with Crippen LogP contribution in [0.3, 0.4) is 0 Å². The first-order valence-corrected chi connectivity index (χ1v) is 9.54. The summed E-state index contributed by atoms with van der Waals surface area (Å²) < 4.78 is 5.22. The van der Waals surface area contributed by atoms with Crippen molar-refractivity contribution >= 4 is 11.4 Å². The van der Waals surface area contributed by atoms with Crippen LogP contribution in [-0.2, 0) is 0 Å². The van der Waals surface area contributed by atoms with Crippen LogP contribution in [0.4, 0.5) is 11.4 Å². The Labute approximate surface area is 164 Å². The van der Waals surface area contributed by atoms with E-state index >= 15 is 0 Å². The maximum atomic E-state index is 12.3. The first kappa shape index (κ1) is 18.3. The van der Waals surface area contributed by atoms with Crippen molar-refractivity contribution in [1.29, 1.82) is 0 Å². The van der Waals surface area contributed by atoms with Crippen LogP contribution in [0.25, 0.3) is 11.1 Å². The topological polar surface area (TPSA) is 49.9 Å². The highest BCUT2D eigenvalue weighted by atomic mass is 16.5. The second kappa shape index (κ2) is 7.15. The number of nitrogens with zero attached hydrogens (tertiary/aromatic N) is 2. The minimum atomic E-state index is -0.365. The van der Waals surface area contributed by atoms with E-state index in [1.165, 1.54) is 5.56 Å². The van der Waals surface area contributed by atoms with Gasteiger partial charge in [-0.05, 0) is 54.8 Å². The minimum Gasteiger partial charge on any atom is -0.497 e. The Morgan fingerprint density at radius 1 is 0.786 bits per heavy atom. The lowest BCUT2D eigenvalue weighted by Crippen LogP contribution is -2.51. The van der Waals surface area contributed by atoms with Gasteiger partial charge in [-0.25, -0.2) is 0 Å². The van der Waals surface area contributed by atoms with Crippen molar-refractivity contribution < 1.29 is 4.74 Å². The van der Waals surface area contributed by atoms with Crippen molar-refractivity contribution in [3.63, 3.8) is 0 Å². The van der Waals surface area contributed by atoms with E-state index in [9.17, 15) is 9.59 Å². The Hall–Kier alpha value is -3.08. The van der Waals surface area contributed by atoms with Gasteiger partial charge < -0.3 is 14.5 Å². The van der Waals surface area contributed by atoms with Crippen molar-refractivity contribution in [2.24, 2.45) is 0 Å². The number of rotatable bonds is 4. The Bertz CT molecular complexity index is 1070. The summed E-state index contributed by atoms with van der Waals surface area (Å²) in [6, 6.07) is 14.0. The van der Waals surface area contributed by atoms with Gasteiger partial charge in [-0.2, -0.15) is 0 Å². The average molecular weight is 376 g/mol. The molecule has 0 N–H and O–H groups in total. The molecule has 0 aliphatic carbocycles. The summed E-state index contributed by atoms with van der Waals surface area (Å²) in [5.74, 6) is 0.837. The molecule has 0 atom stereocenters. The summed E-state index contributed by atoms with van der Waals surface area (Å²) in [5, 5.41) is 0. The molecule has 1 saturated heterocycles. The van der Waals surface area contributed by atoms with Gasteiger partial charge in [0.25, 0.3) is 0 Å².